The molecule has 2 aromatic carbocycles. The number of anilines is 1. The molecule has 2 amide bonds. The molecule has 0 spiro atoms. The highest BCUT2D eigenvalue weighted by molar-refractivity contribution is 7.91. The molecule has 6 nitrogen and oxygen atoms in total. The molecule has 15 heteroatoms. The number of aryl methyl sites for hydroxylation is 1. The summed E-state index contributed by atoms with van der Waals surface area (Å²) in [6.07, 6.45) is -12.6. The van der Waals surface area contributed by atoms with Crippen LogP contribution in [-0.4, -0.2) is 50.1 Å². The van der Waals surface area contributed by atoms with E-state index in [1.165, 1.54) is 32.0 Å². The molecule has 38 heavy (non-hydrogen) atoms. The molecule has 0 heterocycles. The van der Waals surface area contributed by atoms with Crippen LogP contribution >= 0.6 is 11.6 Å². The van der Waals surface area contributed by atoms with Crippen LogP contribution < -0.4 is 10.6 Å². The zero-order chi connectivity index (χ0) is 29.3. The first-order valence-electron chi connectivity index (χ1n) is 10.8. The quantitative estimate of drug-likeness (QED) is 0.384. The zero-order valence-corrected chi connectivity index (χ0v) is 21.6. The number of amides is 2. The van der Waals surface area contributed by atoms with Crippen LogP contribution in [0.1, 0.15) is 45.7 Å². The summed E-state index contributed by atoms with van der Waals surface area (Å²) >= 11 is 6.09. The van der Waals surface area contributed by atoms with Crippen molar-refractivity contribution in [2.75, 3.05) is 16.8 Å². The number of carbonyl (C=O) groups is 2. The van der Waals surface area contributed by atoms with Crippen molar-refractivity contribution in [3.63, 3.8) is 0 Å². The smallest absolute Gasteiger partial charge is 0.348 e. The number of rotatable bonds is 8. The number of alkyl halides is 7. The molecule has 210 valence electrons. The molecule has 0 saturated heterocycles. The summed E-state index contributed by atoms with van der Waals surface area (Å²) in [5, 5.41) is 4.47. The molecule has 0 aromatic heterocycles. The number of sulfone groups is 1. The highest BCUT2D eigenvalue weighted by Gasteiger charge is 2.73. The maximum atomic E-state index is 14.4. The Kier molecular flexibility index (Phi) is 9.15. The van der Waals surface area contributed by atoms with Crippen LogP contribution in [0.3, 0.4) is 0 Å². The summed E-state index contributed by atoms with van der Waals surface area (Å²) in [4.78, 5) is 25.7. The molecule has 0 aliphatic carbocycles. The van der Waals surface area contributed by atoms with Gasteiger partial charge in [0.2, 0.25) is 0 Å². The topological polar surface area (TPSA) is 92.3 Å². The molecule has 0 radical (unpaired) electrons. The maximum Gasteiger partial charge on any atom is 0.435 e. The molecule has 0 saturated carbocycles. The molecule has 2 aromatic rings. The third-order valence-corrected chi connectivity index (χ3v) is 7.66. The van der Waals surface area contributed by atoms with Gasteiger partial charge in [-0.25, -0.2) is 12.8 Å². The van der Waals surface area contributed by atoms with Crippen molar-refractivity contribution in [2.24, 2.45) is 0 Å². The van der Waals surface area contributed by atoms with Crippen molar-refractivity contribution in [1.29, 1.82) is 0 Å². The van der Waals surface area contributed by atoms with Gasteiger partial charge in [-0.15, -0.1) is 0 Å². The molecule has 1 unspecified atom stereocenters. The fraction of sp³-hybridized carbons (Fsp3) is 0.391. The van der Waals surface area contributed by atoms with Crippen LogP contribution in [0.2, 0.25) is 5.02 Å². The highest BCUT2D eigenvalue weighted by atomic mass is 35.5. The maximum absolute atomic E-state index is 14.4. The van der Waals surface area contributed by atoms with E-state index in [-0.39, 0.29) is 39.2 Å². The van der Waals surface area contributed by atoms with Gasteiger partial charge in [0.1, 0.15) is 0 Å². The van der Waals surface area contributed by atoms with E-state index in [9.17, 15) is 48.7 Å². The van der Waals surface area contributed by atoms with Crippen LogP contribution in [0, 0.1) is 6.92 Å². The summed E-state index contributed by atoms with van der Waals surface area (Å²) < 4.78 is 116. The van der Waals surface area contributed by atoms with Crippen LogP contribution in [0.4, 0.5) is 36.4 Å². The lowest BCUT2D eigenvalue weighted by Crippen LogP contribution is -2.50. The number of nitrogens with one attached hydrogen (secondary N) is 2. The monoisotopic (exact) mass is 590 g/mol. The minimum Gasteiger partial charge on any atom is -0.348 e. The predicted octanol–water partition coefficient (Wildman–Crippen LogP) is 5.74. The third kappa shape index (κ3) is 6.57. The van der Waals surface area contributed by atoms with Crippen molar-refractivity contribution in [1.82, 2.24) is 5.32 Å². The number of hydrogen-bond acceptors (Lipinski definition) is 4. The van der Waals surface area contributed by atoms with Crippen LogP contribution in [-0.2, 0) is 15.5 Å². The van der Waals surface area contributed by atoms with Gasteiger partial charge in [-0.3, -0.25) is 9.59 Å². The first-order valence-corrected chi connectivity index (χ1v) is 13.0. The molecular formula is C23H22ClF7N2O4S. The largest absolute Gasteiger partial charge is 0.435 e. The van der Waals surface area contributed by atoms with E-state index in [0.717, 1.165) is 6.92 Å². The normalized spacial score (nSPS) is 13.7. The van der Waals surface area contributed by atoms with E-state index in [1.807, 2.05) is 0 Å². The Hall–Kier alpha value is -2.87. The molecule has 2 N–H and O–H groups in total. The van der Waals surface area contributed by atoms with E-state index < -0.39 is 57.0 Å². The van der Waals surface area contributed by atoms with Gasteiger partial charge in [0.05, 0.1) is 21.9 Å². The SMILES string of the molecule is CCS(=O)(=O)CC(C)NC(=O)c1c(Cl)cccc1C(=O)Nc1ccc(C(F)(C(F)(F)F)C(F)(F)F)cc1C. The molecule has 0 aliphatic rings. The van der Waals surface area contributed by atoms with Gasteiger partial charge in [-0.2, -0.15) is 26.3 Å². The predicted molar refractivity (Wildman–Crippen MR) is 127 cm³/mol. The van der Waals surface area contributed by atoms with Gasteiger partial charge in [-0.1, -0.05) is 36.7 Å². The Labute approximate surface area is 218 Å². The zero-order valence-electron chi connectivity index (χ0n) is 20.0. The van der Waals surface area contributed by atoms with Crippen molar-refractivity contribution in [3.05, 3.63) is 63.7 Å². The van der Waals surface area contributed by atoms with Gasteiger partial charge in [-0.05, 0) is 37.6 Å². The average molecular weight is 591 g/mol. The first-order chi connectivity index (χ1) is 17.2. The van der Waals surface area contributed by atoms with E-state index in [4.69, 9.17) is 11.6 Å². The fourth-order valence-electron chi connectivity index (χ4n) is 3.48. The number of benzene rings is 2. The summed E-state index contributed by atoms with van der Waals surface area (Å²) in [6, 6.07) is 4.10. The minimum absolute atomic E-state index is 0.166. The summed E-state index contributed by atoms with van der Waals surface area (Å²) in [6.45, 7) is 3.89. The van der Waals surface area contributed by atoms with Crippen LogP contribution in [0.15, 0.2) is 36.4 Å². The lowest BCUT2D eigenvalue weighted by molar-refractivity contribution is -0.348. The lowest BCUT2D eigenvalue weighted by atomic mass is 9.92. The van der Waals surface area contributed by atoms with E-state index in [1.54, 1.807) is 0 Å². The Balaban J connectivity index is 2.39. The standard InChI is InChI=1S/C23H22ClF7N2O4S/c1-4-38(36,37)11-13(3)32-20(35)18-15(6-5-7-16(18)24)19(34)33-17-9-8-14(10-12(17)2)21(25,22(26,27)28)23(29,30)31/h5-10,13H,4,11H2,1-3H3,(H,32,35)(H,33,34). The second-order valence-electron chi connectivity index (χ2n) is 8.37. The Morgan fingerprint density at radius 3 is 2.05 bits per heavy atom. The lowest BCUT2D eigenvalue weighted by Gasteiger charge is -2.30. The van der Waals surface area contributed by atoms with Crippen molar-refractivity contribution >= 4 is 38.9 Å². The molecular weight excluding hydrogens is 569 g/mol. The fourth-order valence-corrected chi connectivity index (χ4v) is 4.82. The van der Waals surface area contributed by atoms with Crippen LogP contribution in [0.25, 0.3) is 0 Å². The number of carbonyl (C=O) groups excluding carboxylic acids is 2. The molecule has 0 bridgehead atoms. The summed E-state index contributed by atoms with van der Waals surface area (Å²) in [5.74, 6) is -2.47. The highest BCUT2D eigenvalue weighted by Crippen LogP contribution is 2.53. The van der Waals surface area contributed by atoms with Gasteiger partial charge in [0.15, 0.2) is 9.84 Å². The van der Waals surface area contributed by atoms with E-state index in [0.29, 0.717) is 12.1 Å². The molecule has 0 fully saturated rings. The number of halogens is 8. The first kappa shape index (κ1) is 31.3. The summed E-state index contributed by atoms with van der Waals surface area (Å²) in [5.41, 5.74) is -8.65. The van der Waals surface area contributed by atoms with E-state index >= 15 is 0 Å². The van der Waals surface area contributed by atoms with Crippen molar-refractivity contribution in [3.8, 4) is 0 Å². The number of hydrogen-bond donors (Lipinski definition) is 2. The van der Waals surface area contributed by atoms with Gasteiger partial charge in [0, 0.05) is 23.0 Å². The van der Waals surface area contributed by atoms with Crippen molar-refractivity contribution in [2.45, 2.75) is 44.8 Å². The molecule has 2 rings (SSSR count). The van der Waals surface area contributed by atoms with Crippen molar-refractivity contribution < 1.29 is 48.7 Å². The third-order valence-electron chi connectivity index (χ3n) is 5.46. The Bertz CT molecular complexity index is 1310. The second-order valence-corrected chi connectivity index (χ2v) is 11.2. The molecule has 1 atom stereocenters. The summed E-state index contributed by atoms with van der Waals surface area (Å²) in [7, 11) is -3.46. The second kappa shape index (κ2) is 11.1. The van der Waals surface area contributed by atoms with Gasteiger partial charge < -0.3 is 10.6 Å². The van der Waals surface area contributed by atoms with E-state index in [2.05, 4.69) is 10.6 Å². The van der Waals surface area contributed by atoms with Crippen LogP contribution in [0.5, 0.6) is 0 Å². The Morgan fingerprint density at radius 2 is 1.55 bits per heavy atom. The van der Waals surface area contributed by atoms with Gasteiger partial charge in [0.25, 0.3) is 11.8 Å². The molecule has 0 aliphatic heterocycles. The Morgan fingerprint density at radius 1 is 0.974 bits per heavy atom. The van der Waals surface area contributed by atoms with Gasteiger partial charge >= 0.3 is 18.0 Å². The average Bonchev–Trinajstić information content (AvgIpc) is 2.77. The minimum atomic E-state index is -6.31.